The highest BCUT2D eigenvalue weighted by atomic mass is 35.5. The van der Waals surface area contributed by atoms with Gasteiger partial charge in [-0.25, -0.2) is 4.79 Å². The lowest BCUT2D eigenvalue weighted by Crippen LogP contribution is -3.00. The topological polar surface area (TPSA) is 445 Å². The SMILES string of the molecule is CCC(C)CC(C)CCCCCCCCC(=O)N[C@H]1C[C@@H](O)[C@@H](O)NC(=O)[C@@H]2[C@@H](O)CCN2C(=O)[C@H]([C@H](O)CC(N)=O)NC(=O)[C@H]([C@H](O)[C@@H](O)c2ccc(OC(=O)C[NH3+])cc2)NC(=O)[C@@H]2C[C@@H](O)CN2C(=O)[C@H]([C@H](C)O)NC1=O.[Cl-]. The van der Waals surface area contributed by atoms with Gasteiger partial charge in [-0.05, 0) is 55.7 Å². The van der Waals surface area contributed by atoms with Gasteiger partial charge < -0.3 is 106 Å². The molecule has 0 radical (unpaired) electrons. The highest BCUT2D eigenvalue weighted by Gasteiger charge is 2.49. The molecule has 3 heterocycles. The molecule has 0 spiro atoms. The minimum Gasteiger partial charge on any atom is -1.00 e. The van der Waals surface area contributed by atoms with E-state index in [-0.39, 0.29) is 43.1 Å². The van der Waals surface area contributed by atoms with E-state index in [0.29, 0.717) is 29.6 Å². The summed E-state index contributed by atoms with van der Waals surface area (Å²) < 4.78 is 5.09. The van der Waals surface area contributed by atoms with Crippen molar-refractivity contribution in [1.29, 1.82) is 0 Å². The molecular formula is C52H84ClN9O18. The summed E-state index contributed by atoms with van der Waals surface area (Å²) in [5.41, 5.74) is 8.63. The van der Waals surface area contributed by atoms with Gasteiger partial charge in [0.25, 0.3) is 0 Å². The number of hydrogen-bond acceptors (Lipinski definition) is 18. The van der Waals surface area contributed by atoms with E-state index >= 15 is 0 Å². The quantitative estimate of drug-likeness (QED) is 0.0291. The Bertz CT molecular complexity index is 2250. The number of carbonyl (C=O) groups is 9. The van der Waals surface area contributed by atoms with Crippen LogP contribution in [0, 0.1) is 11.8 Å². The molecule has 0 aromatic heterocycles. The first-order valence-electron chi connectivity index (χ1n) is 27.2. The number of aliphatic hydroxyl groups excluding tert-OH is 8. The molecule has 4 rings (SSSR count). The van der Waals surface area contributed by atoms with E-state index < -0.39 is 171 Å². The molecular weight excluding hydrogens is 1070 g/mol. The zero-order chi connectivity index (χ0) is 58.8. The maximum absolute atomic E-state index is 14.5. The Labute approximate surface area is 470 Å². The molecule has 3 aliphatic rings. The summed E-state index contributed by atoms with van der Waals surface area (Å²) in [5.74, 6) is -9.17. The number of halogens is 1. The highest BCUT2D eigenvalue weighted by molar-refractivity contribution is 5.98. The van der Waals surface area contributed by atoms with Gasteiger partial charge in [-0.3, -0.25) is 38.4 Å². The number of amides is 8. The van der Waals surface area contributed by atoms with E-state index in [0.717, 1.165) is 50.3 Å². The van der Waals surface area contributed by atoms with E-state index in [2.05, 4.69) is 53.1 Å². The minimum atomic E-state index is -2.40. The number of hydrogen-bond donors (Lipinski definition) is 15. The van der Waals surface area contributed by atoms with Crippen LogP contribution < -0.4 is 55.2 Å². The summed E-state index contributed by atoms with van der Waals surface area (Å²) in [6.07, 6.45) is -10.5. The number of fused-ring (bicyclic) bond motifs is 2. The van der Waals surface area contributed by atoms with Gasteiger partial charge in [0, 0.05) is 32.4 Å². The highest BCUT2D eigenvalue weighted by Crippen LogP contribution is 2.27. The smallest absolute Gasteiger partial charge is 0.366 e. The van der Waals surface area contributed by atoms with E-state index in [4.69, 9.17) is 10.5 Å². The number of carbonyl (C=O) groups excluding carboxylic acids is 9. The van der Waals surface area contributed by atoms with Crippen LogP contribution in [0.25, 0.3) is 0 Å². The van der Waals surface area contributed by atoms with Gasteiger partial charge in [0.1, 0.15) is 60.3 Å². The molecule has 3 aliphatic heterocycles. The molecule has 16 atom stereocenters. The Morgan fingerprint density at radius 3 is 1.96 bits per heavy atom. The van der Waals surface area contributed by atoms with E-state index in [9.17, 15) is 84.0 Å². The fourth-order valence-electron chi connectivity index (χ4n) is 10.0. The summed E-state index contributed by atoms with van der Waals surface area (Å²) in [6, 6.07) is -7.28. The lowest BCUT2D eigenvalue weighted by Gasteiger charge is -2.34. The summed E-state index contributed by atoms with van der Waals surface area (Å²) in [6.45, 7) is 6.48. The first-order chi connectivity index (χ1) is 37.3. The van der Waals surface area contributed by atoms with Crippen LogP contribution in [0.15, 0.2) is 24.3 Å². The molecule has 80 heavy (non-hydrogen) atoms. The summed E-state index contributed by atoms with van der Waals surface area (Å²) in [4.78, 5) is 125. The van der Waals surface area contributed by atoms with Crippen molar-refractivity contribution >= 4 is 53.2 Å². The van der Waals surface area contributed by atoms with E-state index in [1.807, 2.05) is 0 Å². The number of nitrogens with two attached hydrogens (primary N) is 1. The van der Waals surface area contributed by atoms with E-state index in [1.165, 1.54) is 30.7 Å². The number of aliphatic hydroxyl groups is 8. The first kappa shape index (κ1) is 68.7. The summed E-state index contributed by atoms with van der Waals surface area (Å²) in [7, 11) is 0. The minimum absolute atomic E-state index is 0. The van der Waals surface area contributed by atoms with Gasteiger partial charge in [-0.2, -0.15) is 0 Å². The molecule has 452 valence electrons. The van der Waals surface area contributed by atoms with Crippen LogP contribution in [0.4, 0.5) is 0 Å². The Kier molecular flexibility index (Phi) is 28.1. The van der Waals surface area contributed by atoms with Crippen molar-refractivity contribution in [1.82, 2.24) is 36.4 Å². The molecule has 2 unspecified atom stereocenters. The molecule has 8 amide bonds. The number of primary amides is 1. The second-order valence-corrected chi connectivity index (χ2v) is 21.3. The molecule has 27 nitrogen and oxygen atoms in total. The third-order valence-corrected chi connectivity index (χ3v) is 14.7. The van der Waals surface area contributed by atoms with Gasteiger partial charge in [-0.15, -0.1) is 0 Å². The predicted octanol–water partition coefficient (Wildman–Crippen LogP) is -7.90. The number of esters is 1. The van der Waals surface area contributed by atoms with Gasteiger partial charge >= 0.3 is 5.97 Å². The molecule has 3 saturated heterocycles. The zero-order valence-corrected chi connectivity index (χ0v) is 46.5. The number of benzene rings is 1. The third-order valence-electron chi connectivity index (χ3n) is 14.7. The average molecular weight is 1160 g/mol. The molecule has 1 aromatic carbocycles. The normalized spacial score (nSPS) is 27.7. The van der Waals surface area contributed by atoms with Crippen LogP contribution in [-0.2, 0) is 43.2 Å². The molecule has 0 aliphatic carbocycles. The number of unbranched alkanes of at least 4 members (excludes halogenated alkanes) is 5. The van der Waals surface area contributed by atoms with Crippen LogP contribution in [0.2, 0.25) is 0 Å². The maximum atomic E-state index is 14.5. The van der Waals surface area contributed by atoms with Crippen molar-refractivity contribution in [2.24, 2.45) is 17.6 Å². The van der Waals surface area contributed by atoms with Gasteiger partial charge in [0.05, 0.1) is 30.8 Å². The molecule has 18 N–H and O–H groups in total. The van der Waals surface area contributed by atoms with Crippen molar-refractivity contribution in [3.8, 4) is 5.75 Å². The van der Waals surface area contributed by atoms with Crippen LogP contribution in [-0.4, -0.2) is 203 Å². The fraction of sp³-hybridized carbons (Fsp3) is 0.712. The Balaban J connectivity index is 0.0000168. The second kappa shape index (κ2) is 32.7. The lowest BCUT2D eigenvalue weighted by atomic mass is 9.91. The predicted molar refractivity (Wildman–Crippen MR) is 277 cm³/mol. The first-order valence-corrected chi connectivity index (χ1v) is 27.2. The van der Waals surface area contributed by atoms with Crippen molar-refractivity contribution in [2.45, 2.75) is 203 Å². The Hall–Kier alpha value is -5.62. The molecule has 0 saturated carbocycles. The van der Waals surface area contributed by atoms with Crippen molar-refractivity contribution in [2.75, 3.05) is 19.6 Å². The fourth-order valence-corrected chi connectivity index (χ4v) is 10.0. The molecule has 1 aromatic rings. The van der Waals surface area contributed by atoms with Gasteiger partial charge in [0.2, 0.25) is 47.3 Å². The largest absolute Gasteiger partial charge is 1.00 e. The van der Waals surface area contributed by atoms with Crippen LogP contribution in [0.1, 0.15) is 129 Å². The van der Waals surface area contributed by atoms with Crippen molar-refractivity contribution < 1.29 is 107 Å². The monoisotopic (exact) mass is 1160 g/mol. The maximum Gasteiger partial charge on any atom is 0.366 e. The molecule has 28 heteroatoms. The number of nitrogens with one attached hydrogen (secondary N) is 5. The van der Waals surface area contributed by atoms with Crippen LogP contribution in [0.5, 0.6) is 5.75 Å². The van der Waals surface area contributed by atoms with Crippen LogP contribution in [0.3, 0.4) is 0 Å². The second-order valence-electron chi connectivity index (χ2n) is 21.3. The van der Waals surface area contributed by atoms with Crippen molar-refractivity contribution in [3.05, 3.63) is 29.8 Å². The molecule has 3 fully saturated rings. The Morgan fingerprint density at radius 1 is 0.750 bits per heavy atom. The van der Waals surface area contributed by atoms with Crippen LogP contribution >= 0.6 is 0 Å². The molecule has 0 bridgehead atoms. The third kappa shape index (κ3) is 19.8. The Morgan fingerprint density at radius 2 is 1.35 bits per heavy atom. The standard InChI is InChI=1S/C52H83N9O18.ClH/c1-5-26(2)20-27(3)12-10-8-6-7-9-11-13-38(68)55-32-22-36(66)48(74)59-50(76)43-34(64)18-19-60(43)52(78)41(35(65)23-37(54)67)57-49(75)42(45(71)44(70)29-14-16-31(17-15-29)79-39(69)24-53)58-47(73)33-21-30(63)25-61(33)51(77)40(28(4)62)56-46(32)72;/h14-17,26-28,30,32-36,40-45,48,62-66,70-71,74H,5-13,18-25,53H2,1-4H3,(H2,54,67)(H,55,68)(H,56,72)(H,57,75)(H,58,73)(H,59,76);1H/t26?,27?,28-,30+,32-,33-,34-,35+,36+,40-,41-,42-,43-,44-,45-,48+;/m0./s1. The zero-order valence-electron chi connectivity index (χ0n) is 45.8. The lowest BCUT2D eigenvalue weighted by molar-refractivity contribution is -0.358. The number of quaternary nitrogens is 1. The van der Waals surface area contributed by atoms with Gasteiger partial charge in [-0.1, -0.05) is 77.8 Å². The summed E-state index contributed by atoms with van der Waals surface area (Å²) in [5, 5.41) is 101. The number of rotatable bonds is 22. The average Bonchev–Trinajstić information content (AvgIpc) is 3.99. The number of nitrogens with zero attached hydrogens (tertiary/aromatic N) is 2. The van der Waals surface area contributed by atoms with Crippen molar-refractivity contribution in [3.63, 3.8) is 0 Å². The van der Waals surface area contributed by atoms with E-state index in [1.54, 1.807) is 0 Å². The van der Waals surface area contributed by atoms with Gasteiger partial charge in [0.15, 0.2) is 12.8 Å². The number of ether oxygens (including phenoxy) is 1. The summed E-state index contributed by atoms with van der Waals surface area (Å²) >= 11 is 0.